The van der Waals surface area contributed by atoms with Crippen molar-refractivity contribution in [3.05, 3.63) is 30.1 Å². The Balaban J connectivity index is 0.000000288. The first-order valence-corrected chi connectivity index (χ1v) is 4.82. The smallest absolute Gasteiger partial charge is 0.122 e. The van der Waals surface area contributed by atoms with E-state index in [1.807, 2.05) is 25.2 Å². The predicted octanol–water partition coefficient (Wildman–Crippen LogP) is 1.02. The summed E-state index contributed by atoms with van der Waals surface area (Å²) in [7, 11) is 3.48. The lowest BCUT2D eigenvalue weighted by Crippen LogP contribution is -2.05. The molecule has 0 bridgehead atoms. The van der Waals surface area contributed by atoms with Crippen LogP contribution in [0.5, 0.6) is 0 Å². The minimum atomic E-state index is 0.510. The van der Waals surface area contributed by atoms with Gasteiger partial charge in [-0.2, -0.15) is 0 Å². The second-order valence-corrected chi connectivity index (χ2v) is 2.80. The highest BCUT2D eigenvalue weighted by atomic mass is 16.5. The van der Waals surface area contributed by atoms with E-state index in [0.717, 1.165) is 18.5 Å². The fourth-order valence-electron chi connectivity index (χ4n) is 0.850. The van der Waals surface area contributed by atoms with Gasteiger partial charge in [-0.15, -0.1) is 0 Å². The molecule has 1 rings (SSSR count). The molecule has 1 N–H and O–H groups in total. The first-order valence-electron chi connectivity index (χ1n) is 4.82. The average molecular weight is 210 g/mol. The van der Waals surface area contributed by atoms with Gasteiger partial charge in [0, 0.05) is 26.3 Å². The van der Waals surface area contributed by atoms with Gasteiger partial charge >= 0.3 is 0 Å². The summed E-state index contributed by atoms with van der Waals surface area (Å²) >= 11 is 0. The normalized spacial score (nSPS) is 8.93. The maximum absolute atomic E-state index is 9.48. The molecule has 0 atom stereocenters. The van der Waals surface area contributed by atoms with Crippen molar-refractivity contribution >= 4 is 6.29 Å². The van der Waals surface area contributed by atoms with Crippen LogP contribution in [-0.4, -0.2) is 32.0 Å². The number of carbonyl (C=O) groups excluding carboxylic acids is 1. The minimum absolute atomic E-state index is 0.510. The molecule has 4 heteroatoms. The maximum atomic E-state index is 9.48. The molecule has 0 radical (unpaired) electrons. The number of pyridine rings is 1. The summed E-state index contributed by atoms with van der Waals surface area (Å²) in [6, 6.07) is 5.90. The van der Waals surface area contributed by atoms with E-state index >= 15 is 0 Å². The number of hydrogen-bond donors (Lipinski definition) is 1. The van der Waals surface area contributed by atoms with Crippen molar-refractivity contribution in [1.29, 1.82) is 0 Å². The third kappa shape index (κ3) is 9.05. The lowest BCUT2D eigenvalue weighted by molar-refractivity contribution is -0.108. The maximum Gasteiger partial charge on any atom is 0.122 e. The highest BCUT2D eigenvalue weighted by Gasteiger charge is 1.85. The summed E-state index contributed by atoms with van der Waals surface area (Å²) in [6.07, 6.45) is 3.15. The van der Waals surface area contributed by atoms with E-state index in [4.69, 9.17) is 0 Å². The summed E-state index contributed by atoms with van der Waals surface area (Å²) in [5.41, 5.74) is 1.08. The number of nitrogens with one attached hydrogen (secondary N) is 1. The van der Waals surface area contributed by atoms with Crippen LogP contribution in [0, 0.1) is 0 Å². The number of carbonyl (C=O) groups is 1. The molecule has 15 heavy (non-hydrogen) atoms. The zero-order valence-electron chi connectivity index (χ0n) is 9.27. The zero-order valence-corrected chi connectivity index (χ0v) is 9.27. The van der Waals surface area contributed by atoms with Crippen LogP contribution in [-0.2, 0) is 16.1 Å². The van der Waals surface area contributed by atoms with E-state index in [1.54, 1.807) is 13.3 Å². The summed E-state index contributed by atoms with van der Waals surface area (Å²) in [5, 5.41) is 3.02. The molecule has 0 aliphatic carbocycles. The van der Waals surface area contributed by atoms with Crippen LogP contribution >= 0.6 is 0 Å². The molecule has 0 fully saturated rings. The Bertz CT molecular complexity index is 240. The highest BCUT2D eigenvalue weighted by molar-refractivity contribution is 5.49. The van der Waals surface area contributed by atoms with Gasteiger partial charge < -0.3 is 14.8 Å². The van der Waals surface area contributed by atoms with Gasteiger partial charge in [0.2, 0.25) is 0 Å². The number of aldehydes is 1. The van der Waals surface area contributed by atoms with Crippen molar-refractivity contribution in [2.75, 3.05) is 20.8 Å². The van der Waals surface area contributed by atoms with Crippen molar-refractivity contribution in [2.45, 2.75) is 13.0 Å². The van der Waals surface area contributed by atoms with E-state index in [0.29, 0.717) is 13.0 Å². The van der Waals surface area contributed by atoms with Gasteiger partial charge in [-0.05, 0) is 19.2 Å². The van der Waals surface area contributed by atoms with Crippen LogP contribution in [0.2, 0.25) is 0 Å². The van der Waals surface area contributed by atoms with Crippen LogP contribution in [0.15, 0.2) is 24.4 Å². The van der Waals surface area contributed by atoms with Crippen LogP contribution in [0.1, 0.15) is 12.1 Å². The molecule has 1 aromatic heterocycles. The molecular formula is C11H18N2O2. The third-order valence-corrected chi connectivity index (χ3v) is 1.52. The van der Waals surface area contributed by atoms with Gasteiger partial charge in [0.15, 0.2) is 0 Å². The van der Waals surface area contributed by atoms with Gasteiger partial charge in [0.05, 0.1) is 12.3 Å². The fourth-order valence-corrected chi connectivity index (χ4v) is 0.850. The van der Waals surface area contributed by atoms with Gasteiger partial charge in [-0.1, -0.05) is 6.07 Å². The van der Waals surface area contributed by atoms with Crippen molar-refractivity contribution in [3.63, 3.8) is 0 Å². The summed E-state index contributed by atoms with van der Waals surface area (Å²) < 4.78 is 4.55. The highest BCUT2D eigenvalue weighted by Crippen LogP contribution is 1.89. The second-order valence-electron chi connectivity index (χ2n) is 2.80. The molecule has 0 unspecified atom stereocenters. The summed E-state index contributed by atoms with van der Waals surface area (Å²) in [6.45, 7) is 1.39. The molecule has 0 spiro atoms. The molecular weight excluding hydrogens is 192 g/mol. The monoisotopic (exact) mass is 210 g/mol. The van der Waals surface area contributed by atoms with Crippen LogP contribution in [0.3, 0.4) is 0 Å². The molecule has 0 saturated carbocycles. The van der Waals surface area contributed by atoms with Crippen molar-refractivity contribution in [2.24, 2.45) is 0 Å². The van der Waals surface area contributed by atoms with Gasteiger partial charge in [0.25, 0.3) is 0 Å². The number of rotatable bonds is 5. The number of ether oxygens (including phenoxy) is 1. The molecule has 0 aliphatic rings. The van der Waals surface area contributed by atoms with Gasteiger partial charge in [0.1, 0.15) is 6.29 Å². The second kappa shape index (κ2) is 10.8. The summed E-state index contributed by atoms with van der Waals surface area (Å²) in [5.74, 6) is 0. The van der Waals surface area contributed by atoms with Crippen molar-refractivity contribution in [3.8, 4) is 0 Å². The number of nitrogens with zero attached hydrogens (tertiary/aromatic N) is 1. The van der Waals surface area contributed by atoms with Crippen molar-refractivity contribution in [1.82, 2.24) is 10.3 Å². The fraction of sp³-hybridized carbons (Fsp3) is 0.455. The lowest BCUT2D eigenvalue weighted by Gasteiger charge is -1.94. The number of aromatic nitrogens is 1. The molecule has 84 valence electrons. The Hall–Kier alpha value is -1.26. The SMILES string of the molecule is CNCc1ccccn1.COCCC=O. The molecule has 1 aromatic rings. The topological polar surface area (TPSA) is 51.2 Å². The average Bonchev–Trinajstić information content (AvgIpc) is 2.29. The Labute approximate surface area is 90.7 Å². The standard InChI is InChI=1S/C7H10N2.C4H8O2/c1-8-6-7-4-2-3-5-9-7;1-6-4-2-3-5/h2-5,8H,6H2,1H3;3H,2,4H2,1H3. The quantitative estimate of drug-likeness (QED) is 0.582. The molecule has 0 aromatic carbocycles. The van der Waals surface area contributed by atoms with Crippen LogP contribution in [0.25, 0.3) is 0 Å². The molecule has 4 nitrogen and oxygen atoms in total. The largest absolute Gasteiger partial charge is 0.384 e. The minimum Gasteiger partial charge on any atom is -0.384 e. The molecule has 0 aliphatic heterocycles. The Morgan fingerprint density at radius 3 is 2.73 bits per heavy atom. The van der Waals surface area contributed by atoms with E-state index < -0.39 is 0 Å². The third-order valence-electron chi connectivity index (χ3n) is 1.52. The molecule has 0 saturated heterocycles. The lowest BCUT2D eigenvalue weighted by atomic mass is 10.3. The van der Waals surface area contributed by atoms with E-state index in [2.05, 4.69) is 15.0 Å². The van der Waals surface area contributed by atoms with E-state index in [-0.39, 0.29) is 0 Å². The van der Waals surface area contributed by atoms with E-state index in [9.17, 15) is 4.79 Å². The zero-order chi connectivity index (χ0) is 11.4. The molecule has 1 heterocycles. The number of hydrogen-bond acceptors (Lipinski definition) is 4. The van der Waals surface area contributed by atoms with Crippen LogP contribution in [0.4, 0.5) is 0 Å². The Morgan fingerprint density at radius 2 is 2.33 bits per heavy atom. The Morgan fingerprint density at radius 1 is 1.53 bits per heavy atom. The van der Waals surface area contributed by atoms with Gasteiger partial charge in [-0.25, -0.2) is 0 Å². The number of methoxy groups -OCH3 is 1. The summed E-state index contributed by atoms with van der Waals surface area (Å²) in [4.78, 5) is 13.6. The van der Waals surface area contributed by atoms with Crippen molar-refractivity contribution < 1.29 is 9.53 Å². The van der Waals surface area contributed by atoms with Crippen LogP contribution < -0.4 is 5.32 Å². The van der Waals surface area contributed by atoms with E-state index in [1.165, 1.54) is 0 Å². The Kier molecular flexibility index (Phi) is 9.91. The predicted molar refractivity (Wildman–Crippen MR) is 59.6 cm³/mol. The molecule has 0 amide bonds. The van der Waals surface area contributed by atoms with Gasteiger partial charge in [-0.3, -0.25) is 4.98 Å². The first kappa shape index (κ1) is 13.7. The first-order chi connectivity index (χ1) is 7.35.